The molecule has 1 saturated carbocycles. The van der Waals surface area contributed by atoms with Gasteiger partial charge in [0.1, 0.15) is 16.5 Å². The van der Waals surface area contributed by atoms with E-state index in [-0.39, 0.29) is 33.0 Å². The van der Waals surface area contributed by atoms with Crippen LogP contribution in [0.1, 0.15) is 23.2 Å². The molecule has 26 heavy (non-hydrogen) atoms. The van der Waals surface area contributed by atoms with E-state index in [2.05, 4.69) is 10.0 Å². The number of amides is 1. The Morgan fingerprint density at radius 3 is 2.58 bits per heavy atom. The van der Waals surface area contributed by atoms with E-state index in [1.165, 1.54) is 37.4 Å². The summed E-state index contributed by atoms with van der Waals surface area (Å²) in [5, 5.41) is 2.59. The molecule has 9 heteroatoms. The van der Waals surface area contributed by atoms with Gasteiger partial charge in [-0.2, -0.15) is 0 Å². The smallest absolute Gasteiger partial charge is 0.255 e. The molecule has 0 aromatic heterocycles. The summed E-state index contributed by atoms with van der Waals surface area (Å²) in [6.45, 7) is 0. The number of rotatable bonds is 6. The predicted octanol–water partition coefficient (Wildman–Crippen LogP) is 3.18. The zero-order chi connectivity index (χ0) is 18.9. The van der Waals surface area contributed by atoms with Crippen molar-refractivity contribution in [1.82, 2.24) is 4.72 Å². The molecule has 1 amide bonds. The van der Waals surface area contributed by atoms with E-state index in [4.69, 9.17) is 16.3 Å². The van der Waals surface area contributed by atoms with Gasteiger partial charge in [0.15, 0.2) is 0 Å². The number of carbonyl (C=O) groups excluding carboxylic acids is 1. The van der Waals surface area contributed by atoms with Crippen LogP contribution in [0, 0.1) is 5.82 Å². The molecule has 3 rings (SSSR count). The lowest BCUT2D eigenvalue weighted by Gasteiger charge is -2.12. The molecule has 0 atom stereocenters. The van der Waals surface area contributed by atoms with Gasteiger partial charge in [0.05, 0.1) is 12.8 Å². The first-order chi connectivity index (χ1) is 12.3. The highest BCUT2D eigenvalue weighted by Gasteiger charge is 2.30. The van der Waals surface area contributed by atoms with E-state index in [1.54, 1.807) is 0 Å². The SMILES string of the molecule is COc1ccc(C(=O)Nc2ccc(Cl)cc2F)cc1S(=O)(=O)NC1CC1. The second-order valence-electron chi connectivity index (χ2n) is 5.84. The van der Waals surface area contributed by atoms with Gasteiger partial charge in [0, 0.05) is 16.6 Å². The van der Waals surface area contributed by atoms with E-state index >= 15 is 0 Å². The Labute approximate surface area is 155 Å². The van der Waals surface area contributed by atoms with Gasteiger partial charge < -0.3 is 10.1 Å². The largest absolute Gasteiger partial charge is 0.495 e. The molecule has 0 heterocycles. The maximum atomic E-state index is 13.8. The summed E-state index contributed by atoms with van der Waals surface area (Å²) in [5.41, 5.74) is -0.00736. The molecule has 2 aromatic rings. The molecule has 0 unspecified atom stereocenters. The van der Waals surface area contributed by atoms with Crippen molar-refractivity contribution < 1.29 is 22.3 Å². The molecule has 6 nitrogen and oxygen atoms in total. The first-order valence-electron chi connectivity index (χ1n) is 7.77. The topological polar surface area (TPSA) is 84.5 Å². The number of carbonyl (C=O) groups is 1. The lowest BCUT2D eigenvalue weighted by atomic mass is 10.2. The minimum Gasteiger partial charge on any atom is -0.495 e. The number of hydrogen-bond donors (Lipinski definition) is 2. The third kappa shape index (κ3) is 4.14. The van der Waals surface area contributed by atoms with E-state index in [0.717, 1.165) is 18.9 Å². The molecule has 1 aliphatic rings. The van der Waals surface area contributed by atoms with Gasteiger partial charge in [0.2, 0.25) is 10.0 Å². The van der Waals surface area contributed by atoms with Crippen molar-refractivity contribution in [3.05, 3.63) is 52.8 Å². The number of halogens is 2. The highest BCUT2D eigenvalue weighted by molar-refractivity contribution is 7.89. The van der Waals surface area contributed by atoms with Crippen LogP contribution >= 0.6 is 11.6 Å². The van der Waals surface area contributed by atoms with Gasteiger partial charge in [-0.15, -0.1) is 0 Å². The molecule has 1 fully saturated rings. The molecule has 138 valence electrons. The van der Waals surface area contributed by atoms with Crippen LogP contribution in [0.2, 0.25) is 5.02 Å². The Morgan fingerprint density at radius 1 is 1.23 bits per heavy atom. The molecule has 0 radical (unpaired) electrons. The minimum atomic E-state index is -3.83. The lowest BCUT2D eigenvalue weighted by molar-refractivity contribution is 0.102. The summed E-state index contributed by atoms with van der Waals surface area (Å²) in [6, 6.07) is 7.72. The van der Waals surface area contributed by atoms with E-state index in [1.807, 2.05) is 0 Å². The van der Waals surface area contributed by atoms with Gasteiger partial charge in [0.25, 0.3) is 5.91 Å². The monoisotopic (exact) mass is 398 g/mol. The molecule has 1 aliphatic carbocycles. The quantitative estimate of drug-likeness (QED) is 0.782. The van der Waals surface area contributed by atoms with Crippen molar-refractivity contribution in [2.24, 2.45) is 0 Å². The Balaban J connectivity index is 1.90. The van der Waals surface area contributed by atoms with Gasteiger partial charge in [-0.05, 0) is 49.2 Å². The fourth-order valence-electron chi connectivity index (χ4n) is 2.30. The van der Waals surface area contributed by atoms with Crippen molar-refractivity contribution >= 4 is 33.2 Å². The van der Waals surface area contributed by atoms with Gasteiger partial charge in [-0.1, -0.05) is 11.6 Å². The van der Waals surface area contributed by atoms with Gasteiger partial charge in [-0.25, -0.2) is 17.5 Å². The lowest BCUT2D eigenvalue weighted by Crippen LogP contribution is -2.26. The highest BCUT2D eigenvalue weighted by atomic mass is 35.5. The third-order valence-corrected chi connectivity index (χ3v) is 5.57. The second kappa shape index (κ2) is 7.22. The first-order valence-corrected chi connectivity index (χ1v) is 9.63. The zero-order valence-corrected chi connectivity index (χ0v) is 15.3. The number of hydrogen-bond acceptors (Lipinski definition) is 4. The number of benzene rings is 2. The Kier molecular flexibility index (Phi) is 5.17. The van der Waals surface area contributed by atoms with E-state index < -0.39 is 21.7 Å². The zero-order valence-electron chi connectivity index (χ0n) is 13.8. The summed E-state index contributed by atoms with van der Waals surface area (Å²) < 4.78 is 46.4. The summed E-state index contributed by atoms with van der Waals surface area (Å²) >= 11 is 5.68. The number of ether oxygens (including phenoxy) is 1. The minimum absolute atomic E-state index is 0.0521. The van der Waals surface area contributed by atoms with E-state index in [9.17, 15) is 17.6 Å². The van der Waals surface area contributed by atoms with Crippen molar-refractivity contribution in [3.63, 3.8) is 0 Å². The predicted molar refractivity (Wildman–Crippen MR) is 95.7 cm³/mol. The Hall–Kier alpha value is -2.16. The second-order valence-corrected chi connectivity index (χ2v) is 7.96. The number of methoxy groups -OCH3 is 1. The molecule has 0 aliphatic heterocycles. The van der Waals surface area contributed by atoms with Crippen LogP contribution in [-0.4, -0.2) is 27.5 Å². The number of anilines is 1. The van der Waals surface area contributed by atoms with E-state index in [0.29, 0.717) is 0 Å². The van der Waals surface area contributed by atoms with Crippen molar-refractivity contribution in [2.75, 3.05) is 12.4 Å². The number of nitrogens with one attached hydrogen (secondary N) is 2. The molecule has 2 aromatic carbocycles. The maximum absolute atomic E-state index is 13.8. The molecular weight excluding hydrogens is 383 g/mol. The average Bonchev–Trinajstić information content (AvgIpc) is 3.40. The number of sulfonamides is 1. The molecule has 0 spiro atoms. The average molecular weight is 399 g/mol. The fraction of sp³-hybridized carbons (Fsp3) is 0.235. The van der Waals surface area contributed by atoms with Crippen LogP contribution in [0.15, 0.2) is 41.3 Å². The highest BCUT2D eigenvalue weighted by Crippen LogP contribution is 2.29. The van der Waals surface area contributed by atoms with Crippen LogP contribution in [0.25, 0.3) is 0 Å². The Bertz CT molecular complexity index is 961. The summed E-state index contributed by atoms with van der Waals surface area (Å²) in [6.07, 6.45) is 1.55. The van der Waals surface area contributed by atoms with Gasteiger partial charge in [-0.3, -0.25) is 4.79 Å². The van der Waals surface area contributed by atoms with Crippen LogP contribution in [0.5, 0.6) is 5.75 Å². The van der Waals surface area contributed by atoms with Crippen LogP contribution in [0.3, 0.4) is 0 Å². The maximum Gasteiger partial charge on any atom is 0.255 e. The molecule has 0 bridgehead atoms. The molecule has 2 N–H and O–H groups in total. The molecule has 0 saturated heterocycles. The Morgan fingerprint density at radius 2 is 1.96 bits per heavy atom. The van der Waals surface area contributed by atoms with Crippen LogP contribution in [-0.2, 0) is 10.0 Å². The third-order valence-electron chi connectivity index (χ3n) is 3.79. The van der Waals surface area contributed by atoms with Crippen molar-refractivity contribution in [3.8, 4) is 5.75 Å². The summed E-state index contributed by atoms with van der Waals surface area (Å²) in [5.74, 6) is -1.23. The first kappa shape index (κ1) is 18.6. The van der Waals surface area contributed by atoms with Crippen molar-refractivity contribution in [1.29, 1.82) is 0 Å². The fourth-order valence-corrected chi connectivity index (χ4v) is 3.96. The molecular formula is C17H16ClFN2O4S. The van der Waals surface area contributed by atoms with Crippen LogP contribution in [0.4, 0.5) is 10.1 Å². The summed E-state index contributed by atoms with van der Waals surface area (Å²) in [4.78, 5) is 12.3. The van der Waals surface area contributed by atoms with Gasteiger partial charge >= 0.3 is 0 Å². The van der Waals surface area contributed by atoms with Crippen molar-refractivity contribution in [2.45, 2.75) is 23.8 Å². The van der Waals surface area contributed by atoms with Crippen LogP contribution < -0.4 is 14.8 Å². The normalized spacial score (nSPS) is 14.1. The standard InChI is InChI=1S/C17H16ClFN2O4S/c1-25-15-7-2-10(8-16(15)26(23,24)21-12-4-5-12)17(22)20-14-6-3-11(18)9-13(14)19/h2-3,6-9,12,21H,4-5H2,1H3,(H,20,22). The summed E-state index contributed by atoms with van der Waals surface area (Å²) in [7, 11) is -2.49.